The average Bonchev–Trinajstić information content (AvgIpc) is 3.12. The van der Waals surface area contributed by atoms with E-state index in [0.717, 1.165) is 0 Å². The van der Waals surface area contributed by atoms with Crippen LogP contribution in [0.25, 0.3) is 10.9 Å². The lowest BCUT2D eigenvalue weighted by Gasteiger charge is -2.23. The van der Waals surface area contributed by atoms with E-state index < -0.39 is 34.5 Å². The van der Waals surface area contributed by atoms with Crippen LogP contribution in [-0.4, -0.2) is 46.7 Å². The molecule has 3 heterocycles. The lowest BCUT2D eigenvalue weighted by Crippen LogP contribution is -2.34. The standard InChI is InChI=1S/C13H10ClF3N4O2/c14-10-7(15)8-5(3-18-10)11(20-12(22)19-8)21-1-2-23-4-6-9(21)13(6,16)17/h3,6,9H,1-2,4H2,(H,19,20,22)/t6?,9-/m1/s1. The zero-order valence-electron chi connectivity index (χ0n) is 11.5. The second-order valence-electron chi connectivity index (χ2n) is 5.51. The highest BCUT2D eigenvalue weighted by atomic mass is 35.5. The minimum atomic E-state index is -2.94. The van der Waals surface area contributed by atoms with Crippen LogP contribution in [0.2, 0.25) is 5.15 Å². The molecule has 1 unspecified atom stereocenters. The van der Waals surface area contributed by atoms with Gasteiger partial charge >= 0.3 is 5.69 Å². The topological polar surface area (TPSA) is 71.1 Å². The molecule has 10 heteroatoms. The molecule has 2 aromatic heterocycles. The van der Waals surface area contributed by atoms with Crippen molar-refractivity contribution >= 4 is 28.3 Å². The second kappa shape index (κ2) is 4.81. The number of nitrogens with zero attached hydrogens (tertiary/aromatic N) is 3. The maximum Gasteiger partial charge on any atom is 0.347 e. The largest absolute Gasteiger partial charge is 0.379 e. The van der Waals surface area contributed by atoms with Gasteiger partial charge in [-0.25, -0.2) is 22.9 Å². The minimum Gasteiger partial charge on any atom is -0.379 e. The van der Waals surface area contributed by atoms with Gasteiger partial charge in [0.25, 0.3) is 5.92 Å². The number of aromatic nitrogens is 3. The van der Waals surface area contributed by atoms with Crippen LogP contribution in [0.3, 0.4) is 0 Å². The van der Waals surface area contributed by atoms with Gasteiger partial charge in [0.05, 0.1) is 30.0 Å². The summed E-state index contributed by atoms with van der Waals surface area (Å²) >= 11 is 5.60. The Morgan fingerprint density at radius 3 is 3.04 bits per heavy atom. The number of hydrogen-bond acceptors (Lipinski definition) is 5. The molecule has 2 atom stereocenters. The second-order valence-corrected chi connectivity index (χ2v) is 5.87. The van der Waals surface area contributed by atoms with Gasteiger partial charge in [-0.1, -0.05) is 11.6 Å². The number of hydrogen-bond donors (Lipinski definition) is 1. The maximum absolute atomic E-state index is 14.1. The van der Waals surface area contributed by atoms with Crippen LogP contribution in [0, 0.1) is 11.7 Å². The number of halogens is 4. The van der Waals surface area contributed by atoms with E-state index in [-0.39, 0.29) is 36.5 Å². The average molecular weight is 347 g/mol. The van der Waals surface area contributed by atoms with Crippen molar-refractivity contribution in [3.63, 3.8) is 0 Å². The molecule has 0 aromatic carbocycles. The number of ether oxygens (including phenoxy) is 1. The van der Waals surface area contributed by atoms with Gasteiger partial charge < -0.3 is 14.6 Å². The molecule has 1 aliphatic heterocycles. The van der Waals surface area contributed by atoms with E-state index in [1.807, 2.05) is 0 Å². The third kappa shape index (κ3) is 2.10. The van der Waals surface area contributed by atoms with Crippen molar-refractivity contribution in [2.45, 2.75) is 12.0 Å². The number of alkyl halides is 2. The Hall–Kier alpha value is -1.87. The van der Waals surface area contributed by atoms with E-state index in [0.29, 0.717) is 0 Å². The first kappa shape index (κ1) is 14.7. The van der Waals surface area contributed by atoms with Crippen molar-refractivity contribution in [3.05, 3.63) is 27.7 Å². The fourth-order valence-corrected chi connectivity index (χ4v) is 3.16. The summed E-state index contributed by atoms with van der Waals surface area (Å²) in [6.45, 7) is 0.267. The molecule has 6 nitrogen and oxygen atoms in total. The summed E-state index contributed by atoms with van der Waals surface area (Å²) in [6.07, 6.45) is 1.21. The smallest absolute Gasteiger partial charge is 0.347 e. The van der Waals surface area contributed by atoms with E-state index in [2.05, 4.69) is 15.0 Å². The highest BCUT2D eigenvalue weighted by Crippen LogP contribution is 2.54. The molecule has 0 bridgehead atoms. The Bertz CT molecular complexity index is 859. The molecule has 122 valence electrons. The van der Waals surface area contributed by atoms with Crippen LogP contribution in [0.15, 0.2) is 11.0 Å². The number of anilines is 1. The summed E-state index contributed by atoms with van der Waals surface area (Å²) in [6, 6.07) is -1.12. The summed E-state index contributed by atoms with van der Waals surface area (Å²) in [7, 11) is 0. The quantitative estimate of drug-likeness (QED) is 0.794. The van der Waals surface area contributed by atoms with Gasteiger partial charge in [0.2, 0.25) is 0 Å². The van der Waals surface area contributed by atoms with Crippen molar-refractivity contribution < 1.29 is 17.9 Å². The van der Waals surface area contributed by atoms with Crippen molar-refractivity contribution in [2.24, 2.45) is 5.92 Å². The summed E-state index contributed by atoms with van der Waals surface area (Å²) < 4.78 is 47.1. The molecule has 0 radical (unpaired) electrons. The zero-order valence-corrected chi connectivity index (χ0v) is 12.3. The molecule has 1 N–H and O–H groups in total. The minimum absolute atomic E-state index is 0.0375. The lowest BCUT2D eigenvalue weighted by molar-refractivity contribution is 0.0492. The molecular formula is C13H10ClF3N4O2. The first-order valence-corrected chi connectivity index (χ1v) is 7.25. The van der Waals surface area contributed by atoms with Crippen molar-refractivity contribution in [1.29, 1.82) is 0 Å². The lowest BCUT2D eigenvalue weighted by atomic mass is 10.2. The SMILES string of the molecule is O=c1nc(N2CCOCC3[C@@H]2C3(F)F)c2cnc(Cl)c(F)c2[nH]1. The summed E-state index contributed by atoms with van der Waals surface area (Å²) in [4.78, 5) is 22.7. The number of pyridine rings is 1. The molecule has 1 aliphatic carbocycles. The number of H-pyrrole nitrogens is 1. The van der Waals surface area contributed by atoms with Crippen LogP contribution < -0.4 is 10.6 Å². The molecular weight excluding hydrogens is 337 g/mol. The monoisotopic (exact) mass is 346 g/mol. The van der Waals surface area contributed by atoms with E-state index in [1.54, 1.807) is 0 Å². The first-order chi connectivity index (χ1) is 10.9. The molecule has 0 amide bonds. The fourth-order valence-electron chi connectivity index (χ4n) is 3.02. The summed E-state index contributed by atoms with van der Waals surface area (Å²) in [5.74, 6) is -4.86. The number of aromatic amines is 1. The molecule has 2 aliphatic rings. The molecule has 23 heavy (non-hydrogen) atoms. The molecule has 2 aromatic rings. The highest BCUT2D eigenvalue weighted by molar-refractivity contribution is 6.30. The van der Waals surface area contributed by atoms with Gasteiger partial charge in [-0.15, -0.1) is 0 Å². The number of rotatable bonds is 1. The van der Waals surface area contributed by atoms with Crippen molar-refractivity contribution in [2.75, 3.05) is 24.7 Å². The Balaban J connectivity index is 1.91. The molecule has 1 saturated carbocycles. The number of nitrogens with one attached hydrogen (secondary N) is 1. The highest BCUT2D eigenvalue weighted by Gasteiger charge is 2.71. The molecule has 0 spiro atoms. The first-order valence-electron chi connectivity index (χ1n) is 6.87. The Kier molecular flexibility index (Phi) is 3.08. The molecule has 1 saturated heterocycles. The predicted octanol–water partition coefficient (Wildman–Crippen LogP) is 1.58. The fraction of sp³-hybridized carbons (Fsp3) is 0.462. The third-order valence-corrected chi connectivity index (χ3v) is 4.46. The van der Waals surface area contributed by atoms with Crippen molar-refractivity contribution in [3.8, 4) is 0 Å². The summed E-state index contributed by atoms with van der Waals surface area (Å²) in [5, 5.41) is -0.297. The Morgan fingerprint density at radius 1 is 1.48 bits per heavy atom. The zero-order chi connectivity index (χ0) is 16.4. The van der Waals surface area contributed by atoms with Gasteiger partial charge in [0.1, 0.15) is 11.9 Å². The molecule has 2 fully saturated rings. The molecule has 4 rings (SSSR count). The van der Waals surface area contributed by atoms with Gasteiger partial charge in [-0.3, -0.25) is 0 Å². The third-order valence-electron chi connectivity index (χ3n) is 4.20. The van der Waals surface area contributed by atoms with Crippen LogP contribution >= 0.6 is 11.6 Å². The Labute approximate surface area is 132 Å². The normalized spacial score (nSPS) is 26.0. The van der Waals surface area contributed by atoms with Crippen LogP contribution in [-0.2, 0) is 4.74 Å². The summed E-state index contributed by atoms with van der Waals surface area (Å²) in [5.41, 5.74) is -1.05. The van der Waals surface area contributed by atoms with Crippen molar-refractivity contribution in [1.82, 2.24) is 15.0 Å². The van der Waals surface area contributed by atoms with Crippen LogP contribution in [0.1, 0.15) is 0 Å². The van der Waals surface area contributed by atoms with Gasteiger partial charge in [-0.2, -0.15) is 4.98 Å². The number of fused-ring (bicyclic) bond motifs is 2. The Morgan fingerprint density at radius 2 is 2.26 bits per heavy atom. The van der Waals surface area contributed by atoms with E-state index >= 15 is 0 Å². The van der Waals surface area contributed by atoms with Gasteiger partial charge in [-0.05, 0) is 0 Å². The van der Waals surface area contributed by atoms with E-state index in [4.69, 9.17) is 16.3 Å². The van der Waals surface area contributed by atoms with Gasteiger partial charge in [0, 0.05) is 12.7 Å². The van der Waals surface area contributed by atoms with E-state index in [1.165, 1.54) is 11.1 Å². The van der Waals surface area contributed by atoms with Crippen LogP contribution in [0.4, 0.5) is 19.0 Å². The predicted molar refractivity (Wildman–Crippen MR) is 75.5 cm³/mol. The maximum atomic E-state index is 14.1. The van der Waals surface area contributed by atoms with Crippen LogP contribution in [0.5, 0.6) is 0 Å². The van der Waals surface area contributed by atoms with Gasteiger partial charge in [0.15, 0.2) is 11.0 Å². The van der Waals surface area contributed by atoms with E-state index in [9.17, 15) is 18.0 Å².